The quantitative estimate of drug-likeness (QED) is 0.595. The Balaban J connectivity index is 2.17. The van der Waals surface area contributed by atoms with Crippen LogP contribution in [0, 0.1) is 0 Å². The number of nitrogens with one attached hydrogen (secondary N) is 1. The van der Waals surface area contributed by atoms with Gasteiger partial charge in [-0.3, -0.25) is 0 Å². The van der Waals surface area contributed by atoms with Gasteiger partial charge in [-0.2, -0.15) is 0 Å². The number of aliphatic hydroxyl groups excluding tert-OH is 1. The molecule has 2 nitrogen and oxygen atoms in total. The second-order valence-electron chi connectivity index (χ2n) is 2.33. The summed E-state index contributed by atoms with van der Waals surface area (Å²) in [7, 11) is 0. The molecule has 0 fully saturated rings. The Morgan fingerprint density at radius 3 is 3.00 bits per heavy atom. The molecule has 0 bridgehead atoms. The predicted octanol–water partition coefficient (Wildman–Crippen LogP) is 0.453. The highest BCUT2D eigenvalue weighted by Crippen LogP contribution is 2.01. The minimum absolute atomic E-state index is 0.216. The van der Waals surface area contributed by atoms with Crippen molar-refractivity contribution in [3.63, 3.8) is 0 Å². The lowest BCUT2D eigenvalue weighted by molar-refractivity contribution is 0.288. The van der Waals surface area contributed by atoms with Crippen molar-refractivity contribution < 1.29 is 5.11 Å². The summed E-state index contributed by atoms with van der Waals surface area (Å²) in [5.41, 5.74) is 0. The van der Waals surface area contributed by atoms with E-state index in [2.05, 4.69) is 17.5 Å². The fraction of sp³-hybridized carbons (Fsp3) is 0.500. The first kappa shape index (κ1) is 7.51. The SMILES string of the molecule is OCCNC1C=CC=CC1. The minimum atomic E-state index is 0.216. The molecule has 0 radical (unpaired) electrons. The molecule has 0 saturated carbocycles. The molecule has 0 aliphatic heterocycles. The Labute approximate surface area is 61.3 Å². The van der Waals surface area contributed by atoms with E-state index in [0.29, 0.717) is 12.6 Å². The molecule has 1 aliphatic rings. The lowest BCUT2D eigenvalue weighted by Crippen LogP contribution is -2.29. The topological polar surface area (TPSA) is 32.3 Å². The van der Waals surface area contributed by atoms with Gasteiger partial charge < -0.3 is 10.4 Å². The summed E-state index contributed by atoms with van der Waals surface area (Å²) in [6, 6.07) is 0.428. The molecule has 2 heteroatoms. The van der Waals surface area contributed by atoms with E-state index in [-0.39, 0.29) is 6.61 Å². The van der Waals surface area contributed by atoms with E-state index < -0.39 is 0 Å². The number of hydrogen-bond donors (Lipinski definition) is 2. The fourth-order valence-corrected chi connectivity index (χ4v) is 0.982. The van der Waals surface area contributed by atoms with Gasteiger partial charge in [0, 0.05) is 12.6 Å². The summed E-state index contributed by atoms with van der Waals surface area (Å²) in [5, 5.41) is 11.7. The molecular formula is C8H13NO. The zero-order valence-electron chi connectivity index (χ0n) is 5.96. The minimum Gasteiger partial charge on any atom is -0.395 e. The van der Waals surface area contributed by atoms with Gasteiger partial charge in [-0.25, -0.2) is 0 Å². The molecule has 1 rings (SSSR count). The zero-order chi connectivity index (χ0) is 7.23. The van der Waals surface area contributed by atoms with Crippen LogP contribution in [0.15, 0.2) is 24.3 Å². The van der Waals surface area contributed by atoms with Crippen LogP contribution in [0.2, 0.25) is 0 Å². The summed E-state index contributed by atoms with van der Waals surface area (Å²) in [4.78, 5) is 0. The highest BCUT2D eigenvalue weighted by atomic mass is 16.3. The van der Waals surface area contributed by atoms with Crippen LogP contribution in [-0.2, 0) is 0 Å². The first-order valence-corrected chi connectivity index (χ1v) is 3.61. The lowest BCUT2D eigenvalue weighted by atomic mass is 10.1. The summed E-state index contributed by atoms with van der Waals surface area (Å²) < 4.78 is 0. The number of rotatable bonds is 3. The smallest absolute Gasteiger partial charge is 0.0556 e. The fourth-order valence-electron chi connectivity index (χ4n) is 0.982. The van der Waals surface area contributed by atoms with Crippen LogP contribution in [0.5, 0.6) is 0 Å². The van der Waals surface area contributed by atoms with Crippen molar-refractivity contribution in [3.8, 4) is 0 Å². The Bertz CT molecular complexity index is 140. The van der Waals surface area contributed by atoms with Gasteiger partial charge in [0.2, 0.25) is 0 Å². The Morgan fingerprint density at radius 1 is 1.50 bits per heavy atom. The van der Waals surface area contributed by atoms with Crippen molar-refractivity contribution in [2.45, 2.75) is 12.5 Å². The number of allylic oxidation sites excluding steroid dienone is 2. The van der Waals surface area contributed by atoms with Crippen LogP contribution >= 0.6 is 0 Å². The van der Waals surface area contributed by atoms with Gasteiger partial charge >= 0.3 is 0 Å². The summed E-state index contributed by atoms with van der Waals surface area (Å²) in [6.07, 6.45) is 9.33. The summed E-state index contributed by atoms with van der Waals surface area (Å²) >= 11 is 0. The lowest BCUT2D eigenvalue weighted by Gasteiger charge is -2.13. The van der Waals surface area contributed by atoms with Crippen LogP contribution in [0.25, 0.3) is 0 Å². The highest BCUT2D eigenvalue weighted by Gasteiger charge is 2.01. The van der Waals surface area contributed by atoms with Gasteiger partial charge in [-0.15, -0.1) is 0 Å². The standard InChI is InChI=1S/C8H13NO/c10-7-6-9-8-4-2-1-3-5-8/h1-4,8-10H,5-7H2. The molecule has 0 spiro atoms. The van der Waals surface area contributed by atoms with Gasteiger partial charge in [0.15, 0.2) is 0 Å². The van der Waals surface area contributed by atoms with E-state index in [0.717, 1.165) is 6.42 Å². The third-order valence-electron chi connectivity index (χ3n) is 1.50. The number of hydrogen-bond acceptors (Lipinski definition) is 2. The third-order valence-corrected chi connectivity index (χ3v) is 1.50. The van der Waals surface area contributed by atoms with E-state index in [1.54, 1.807) is 0 Å². The van der Waals surface area contributed by atoms with Crippen molar-refractivity contribution in [3.05, 3.63) is 24.3 Å². The maximum atomic E-state index is 8.49. The van der Waals surface area contributed by atoms with Crippen molar-refractivity contribution in [2.75, 3.05) is 13.2 Å². The van der Waals surface area contributed by atoms with E-state index in [1.807, 2.05) is 12.2 Å². The molecule has 0 aromatic rings. The van der Waals surface area contributed by atoms with Crippen molar-refractivity contribution >= 4 is 0 Å². The first-order chi connectivity index (χ1) is 4.93. The van der Waals surface area contributed by atoms with Crippen LogP contribution in [0.1, 0.15) is 6.42 Å². The van der Waals surface area contributed by atoms with Crippen LogP contribution in [0.3, 0.4) is 0 Å². The van der Waals surface area contributed by atoms with Gasteiger partial charge in [-0.05, 0) is 6.42 Å². The van der Waals surface area contributed by atoms with Gasteiger partial charge in [0.1, 0.15) is 0 Å². The van der Waals surface area contributed by atoms with Gasteiger partial charge in [0.25, 0.3) is 0 Å². The maximum Gasteiger partial charge on any atom is 0.0556 e. The van der Waals surface area contributed by atoms with E-state index in [4.69, 9.17) is 5.11 Å². The number of aliphatic hydroxyl groups is 1. The summed E-state index contributed by atoms with van der Waals surface area (Å²) in [5.74, 6) is 0. The molecule has 1 atom stereocenters. The van der Waals surface area contributed by atoms with Crippen LogP contribution in [0.4, 0.5) is 0 Å². The Kier molecular flexibility index (Phi) is 3.19. The second kappa shape index (κ2) is 4.25. The molecule has 1 unspecified atom stereocenters. The predicted molar refractivity (Wildman–Crippen MR) is 41.8 cm³/mol. The van der Waals surface area contributed by atoms with Crippen LogP contribution in [-0.4, -0.2) is 24.3 Å². The Hall–Kier alpha value is -0.600. The molecule has 0 heterocycles. The van der Waals surface area contributed by atoms with Crippen LogP contribution < -0.4 is 5.32 Å². The molecule has 0 saturated heterocycles. The molecule has 56 valence electrons. The second-order valence-corrected chi connectivity index (χ2v) is 2.33. The summed E-state index contributed by atoms with van der Waals surface area (Å²) in [6.45, 7) is 0.900. The average molecular weight is 139 g/mol. The monoisotopic (exact) mass is 139 g/mol. The molecular weight excluding hydrogens is 126 g/mol. The largest absolute Gasteiger partial charge is 0.395 e. The van der Waals surface area contributed by atoms with Gasteiger partial charge in [0.05, 0.1) is 6.61 Å². The Morgan fingerprint density at radius 2 is 2.40 bits per heavy atom. The molecule has 0 aromatic heterocycles. The molecule has 2 N–H and O–H groups in total. The average Bonchev–Trinajstić information content (AvgIpc) is 2.03. The molecule has 1 aliphatic carbocycles. The van der Waals surface area contributed by atoms with E-state index in [9.17, 15) is 0 Å². The maximum absolute atomic E-state index is 8.49. The normalized spacial score (nSPS) is 23.5. The third kappa shape index (κ3) is 2.33. The van der Waals surface area contributed by atoms with E-state index >= 15 is 0 Å². The van der Waals surface area contributed by atoms with Crippen molar-refractivity contribution in [2.24, 2.45) is 0 Å². The molecule has 10 heavy (non-hydrogen) atoms. The molecule has 0 amide bonds. The first-order valence-electron chi connectivity index (χ1n) is 3.61. The molecule has 0 aromatic carbocycles. The van der Waals surface area contributed by atoms with Gasteiger partial charge in [-0.1, -0.05) is 24.3 Å². The van der Waals surface area contributed by atoms with Crippen molar-refractivity contribution in [1.82, 2.24) is 5.32 Å². The highest BCUT2D eigenvalue weighted by molar-refractivity contribution is 5.13. The van der Waals surface area contributed by atoms with Crippen molar-refractivity contribution in [1.29, 1.82) is 0 Å². The van der Waals surface area contributed by atoms with E-state index in [1.165, 1.54) is 0 Å². The zero-order valence-corrected chi connectivity index (χ0v) is 5.96.